The highest BCUT2D eigenvalue weighted by atomic mass is 35.5. The maximum atomic E-state index is 15.2. The summed E-state index contributed by atoms with van der Waals surface area (Å²) in [4.78, 5) is 48.2. The van der Waals surface area contributed by atoms with Gasteiger partial charge in [-0.15, -0.1) is 0 Å². The number of pyridine rings is 1. The van der Waals surface area contributed by atoms with Crippen LogP contribution in [0.5, 0.6) is 0 Å². The third-order valence-electron chi connectivity index (χ3n) is 7.87. The zero-order valence-electron chi connectivity index (χ0n) is 24.3. The number of anilines is 2. The van der Waals surface area contributed by atoms with E-state index < -0.39 is 66.0 Å². The smallest absolute Gasteiger partial charge is 0.252 e. The van der Waals surface area contributed by atoms with Gasteiger partial charge in [0.05, 0.1) is 17.2 Å². The molecule has 45 heavy (non-hydrogen) atoms. The Morgan fingerprint density at radius 1 is 1.20 bits per heavy atom. The number of nitriles is 1. The van der Waals surface area contributed by atoms with Gasteiger partial charge < -0.3 is 10.4 Å². The van der Waals surface area contributed by atoms with E-state index in [4.69, 9.17) is 11.6 Å². The molecule has 2 unspecified atom stereocenters. The molecule has 2 fully saturated rings. The van der Waals surface area contributed by atoms with Gasteiger partial charge in [-0.1, -0.05) is 29.8 Å². The van der Waals surface area contributed by atoms with Crippen molar-refractivity contribution in [2.45, 2.75) is 69.2 Å². The number of hydrogen-bond acceptors (Lipinski definition) is 6. The molecule has 3 amide bonds. The van der Waals surface area contributed by atoms with E-state index in [0.29, 0.717) is 0 Å². The average molecular weight is 640 g/mol. The van der Waals surface area contributed by atoms with Gasteiger partial charge in [-0.05, 0) is 62.2 Å². The van der Waals surface area contributed by atoms with Crippen LogP contribution in [0.15, 0.2) is 60.8 Å². The van der Waals surface area contributed by atoms with Gasteiger partial charge >= 0.3 is 0 Å². The number of rotatable bonds is 8. The number of aliphatic hydroxyl groups is 1. The zero-order chi connectivity index (χ0) is 32.7. The first-order valence-electron chi connectivity index (χ1n) is 14.2. The van der Waals surface area contributed by atoms with Crippen LogP contribution in [0, 0.1) is 17.1 Å². The fourth-order valence-corrected chi connectivity index (χ4v) is 5.83. The molecule has 0 radical (unpaired) electrons. The Hall–Kier alpha value is -4.47. The summed E-state index contributed by atoms with van der Waals surface area (Å²) < 4.78 is 42.6. The number of aromatic nitrogens is 1. The molecule has 2 N–H and O–H groups in total. The summed E-state index contributed by atoms with van der Waals surface area (Å²) in [6.07, 6.45) is 0.0371. The summed E-state index contributed by atoms with van der Waals surface area (Å²) in [6.45, 7) is 2.83. The standard InChI is InChI=1S/C32H29ClF3N5O4/c1-31(2,45)19-12-20(34)14-22(13-19)40(30(44)25-7-8-27(42)41(25)26-11-18(17-37)9-10-38-26)28(23-5-3-4-6-24(23)33)29(43)39-21-15-32(35,36)16-21/h3-6,9-14,21,25,28,45H,7-8,15-16H2,1-2H3,(H,39,43). The molecule has 1 saturated heterocycles. The predicted molar refractivity (Wildman–Crippen MR) is 159 cm³/mol. The largest absolute Gasteiger partial charge is 0.386 e. The summed E-state index contributed by atoms with van der Waals surface area (Å²) in [5.74, 6) is -5.90. The average Bonchev–Trinajstić information content (AvgIpc) is 3.35. The van der Waals surface area contributed by atoms with Gasteiger partial charge in [0.15, 0.2) is 0 Å². The number of halogens is 4. The molecule has 0 spiro atoms. The van der Waals surface area contributed by atoms with E-state index in [1.807, 2.05) is 6.07 Å². The lowest BCUT2D eigenvalue weighted by atomic mass is 9.87. The maximum absolute atomic E-state index is 15.2. The molecule has 2 atom stereocenters. The summed E-state index contributed by atoms with van der Waals surface area (Å²) in [5.41, 5.74) is -1.33. The number of carbonyl (C=O) groups excluding carboxylic acids is 3. The SMILES string of the molecule is CC(C)(O)c1cc(F)cc(N(C(=O)C2CCC(=O)N2c2cc(C#N)ccn2)C(C(=O)NC2CC(F)(F)C2)c2ccccc2Cl)c1. The van der Waals surface area contributed by atoms with E-state index in [9.17, 15) is 33.5 Å². The minimum atomic E-state index is -2.95. The summed E-state index contributed by atoms with van der Waals surface area (Å²) >= 11 is 6.55. The van der Waals surface area contributed by atoms with Gasteiger partial charge in [-0.2, -0.15) is 5.26 Å². The van der Waals surface area contributed by atoms with Crippen molar-refractivity contribution in [2.75, 3.05) is 9.80 Å². The lowest BCUT2D eigenvalue weighted by Gasteiger charge is -2.39. The first kappa shape index (κ1) is 31.9. The minimum Gasteiger partial charge on any atom is -0.386 e. The summed E-state index contributed by atoms with van der Waals surface area (Å²) in [6, 6.07) is 10.5. The van der Waals surface area contributed by atoms with Gasteiger partial charge in [0.1, 0.15) is 23.7 Å². The number of hydrogen-bond donors (Lipinski definition) is 2. The normalized spacial score (nSPS) is 18.6. The number of benzene rings is 2. The predicted octanol–water partition coefficient (Wildman–Crippen LogP) is 5.16. The van der Waals surface area contributed by atoms with Crippen LogP contribution in [0.4, 0.5) is 24.7 Å². The van der Waals surface area contributed by atoms with Crippen LogP contribution in [0.2, 0.25) is 5.02 Å². The van der Waals surface area contributed by atoms with Crippen LogP contribution in [0.1, 0.15) is 62.3 Å². The van der Waals surface area contributed by atoms with Gasteiger partial charge in [0, 0.05) is 47.8 Å². The first-order chi connectivity index (χ1) is 21.2. The third kappa shape index (κ3) is 6.65. The molecule has 5 rings (SSSR count). The first-order valence-corrected chi connectivity index (χ1v) is 14.5. The molecule has 3 aromatic rings. The topological polar surface area (TPSA) is 127 Å². The van der Waals surface area contributed by atoms with E-state index in [1.165, 1.54) is 50.4 Å². The van der Waals surface area contributed by atoms with Gasteiger partial charge in [0.25, 0.3) is 11.8 Å². The number of alkyl halides is 2. The molecule has 2 heterocycles. The number of carbonyl (C=O) groups is 3. The Morgan fingerprint density at radius 2 is 1.91 bits per heavy atom. The Balaban J connectivity index is 1.68. The summed E-state index contributed by atoms with van der Waals surface area (Å²) in [5, 5.41) is 22.8. The van der Waals surface area contributed by atoms with E-state index in [0.717, 1.165) is 21.9 Å². The van der Waals surface area contributed by atoms with E-state index in [-0.39, 0.29) is 46.1 Å². The number of nitrogens with one attached hydrogen (secondary N) is 1. The molecule has 1 aliphatic carbocycles. The van der Waals surface area contributed by atoms with Crippen molar-refractivity contribution in [3.05, 3.63) is 88.3 Å². The highest BCUT2D eigenvalue weighted by Crippen LogP contribution is 2.40. The van der Waals surface area contributed by atoms with E-state index >= 15 is 4.39 Å². The number of amides is 3. The van der Waals surface area contributed by atoms with Crippen LogP contribution in [-0.4, -0.2) is 45.8 Å². The van der Waals surface area contributed by atoms with Crippen LogP contribution in [0.3, 0.4) is 0 Å². The lowest BCUT2D eigenvalue weighted by molar-refractivity contribution is -0.133. The van der Waals surface area contributed by atoms with Crippen LogP contribution in [-0.2, 0) is 20.0 Å². The highest BCUT2D eigenvalue weighted by Gasteiger charge is 2.49. The second-order valence-corrected chi connectivity index (χ2v) is 12.1. The van der Waals surface area contributed by atoms with Gasteiger partial charge in [-0.3, -0.25) is 24.2 Å². The summed E-state index contributed by atoms with van der Waals surface area (Å²) in [7, 11) is 0. The fourth-order valence-electron chi connectivity index (χ4n) is 5.59. The van der Waals surface area contributed by atoms with Gasteiger partial charge in [-0.25, -0.2) is 18.2 Å². The molecule has 1 saturated carbocycles. The van der Waals surface area contributed by atoms with Crippen molar-refractivity contribution in [2.24, 2.45) is 0 Å². The molecular weight excluding hydrogens is 611 g/mol. The minimum absolute atomic E-state index is 0.00793. The maximum Gasteiger partial charge on any atom is 0.252 e. The lowest BCUT2D eigenvalue weighted by Crippen LogP contribution is -2.56. The molecule has 2 aliphatic rings. The van der Waals surface area contributed by atoms with E-state index in [1.54, 1.807) is 12.1 Å². The van der Waals surface area contributed by atoms with Crippen LogP contribution in [0.25, 0.3) is 0 Å². The molecule has 9 nitrogen and oxygen atoms in total. The molecule has 234 valence electrons. The fraction of sp³-hybridized carbons (Fsp3) is 0.344. The zero-order valence-corrected chi connectivity index (χ0v) is 25.1. The molecule has 2 aromatic carbocycles. The second-order valence-electron chi connectivity index (χ2n) is 11.7. The molecule has 13 heteroatoms. The van der Waals surface area contributed by atoms with Gasteiger partial charge in [0.2, 0.25) is 11.8 Å². The quantitative estimate of drug-likeness (QED) is 0.351. The monoisotopic (exact) mass is 639 g/mol. The Kier molecular flexibility index (Phi) is 8.62. The van der Waals surface area contributed by atoms with Crippen molar-refractivity contribution < 1.29 is 32.7 Å². The molecular formula is C32H29ClF3N5O4. The van der Waals surface area contributed by atoms with Crippen molar-refractivity contribution in [3.63, 3.8) is 0 Å². The second kappa shape index (κ2) is 12.1. The Morgan fingerprint density at radius 3 is 2.56 bits per heavy atom. The van der Waals surface area contributed by atoms with Crippen LogP contribution < -0.4 is 15.1 Å². The van der Waals surface area contributed by atoms with Crippen molar-refractivity contribution in [3.8, 4) is 6.07 Å². The Labute approximate surface area is 262 Å². The van der Waals surface area contributed by atoms with Crippen molar-refractivity contribution in [1.29, 1.82) is 5.26 Å². The molecule has 1 aliphatic heterocycles. The molecule has 0 bridgehead atoms. The third-order valence-corrected chi connectivity index (χ3v) is 8.21. The van der Waals surface area contributed by atoms with Crippen molar-refractivity contribution >= 4 is 40.8 Å². The van der Waals surface area contributed by atoms with Crippen LogP contribution >= 0.6 is 11.6 Å². The highest BCUT2D eigenvalue weighted by molar-refractivity contribution is 6.31. The molecule has 1 aromatic heterocycles. The van der Waals surface area contributed by atoms with E-state index in [2.05, 4.69) is 10.3 Å². The number of nitrogens with zero attached hydrogens (tertiary/aromatic N) is 4. The van der Waals surface area contributed by atoms with Crippen molar-refractivity contribution in [1.82, 2.24) is 10.3 Å². The Bertz CT molecular complexity index is 1700.